The molecular formula is C14H15ClFN5. The smallest absolute Gasteiger partial charge is 0.125 e. The van der Waals surface area contributed by atoms with Gasteiger partial charge >= 0.3 is 0 Å². The molecule has 2 heterocycles. The third kappa shape index (κ3) is 3.05. The topological polar surface area (TPSA) is 48.5 Å². The Balaban J connectivity index is 1.82. The van der Waals surface area contributed by atoms with Crippen molar-refractivity contribution in [1.29, 1.82) is 0 Å². The van der Waals surface area contributed by atoms with Crippen LogP contribution in [0.25, 0.3) is 11.0 Å². The summed E-state index contributed by atoms with van der Waals surface area (Å²) in [7, 11) is 0. The number of aryl methyl sites for hydroxylation is 3. The number of alkyl halides is 1. The fourth-order valence-electron chi connectivity index (χ4n) is 2.42. The first-order valence-corrected chi connectivity index (χ1v) is 7.36. The zero-order chi connectivity index (χ0) is 14.7. The van der Waals surface area contributed by atoms with Crippen LogP contribution < -0.4 is 0 Å². The maximum atomic E-state index is 13.3. The van der Waals surface area contributed by atoms with Crippen molar-refractivity contribution < 1.29 is 4.39 Å². The van der Waals surface area contributed by atoms with E-state index in [0.29, 0.717) is 17.8 Å². The quantitative estimate of drug-likeness (QED) is 0.658. The first kappa shape index (κ1) is 14.0. The van der Waals surface area contributed by atoms with Crippen LogP contribution in [0, 0.1) is 5.82 Å². The number of imidazole rings is 1. The molecule has 3 rings (SSSR count). The number of rotatable bonds is 6. The standard InChI is InChI=1S/C14H15ClFN5/c15-5-4-14-18-12-10-11(16)2-3-13(12)21(14)8-1-7-20-9-6-17-19-20/h2-3,6,9-10H,1,4-5,7-8H2. The SMILES string of the molecule is Fc1ccc2c(c1)nc(CCCl)n2CCCn1ccnn1. The van der Waals surface area contributed by atoms with Crippen LogP contribution >= 0.6 is 11.6 Å². The Hall–Kier alpha value is -1.95. The summed E-state index contributed by atoms with van der Waals surface area (Å²) < 4.78 is 17.2. The highest BCUT2D eigenvalue weighted by Crippen LogP contribution is 2.19. The van der Waals surface area contributed by atoms with Crippen molar-refractivity contribution in [3.8, 4) is 0 Å². The monoisotopic (exact) mass is 307 g/mol. The molecule has 0 aliphatic heterocycles. The van der Waals surface area contributed by atoms with E-state index in [1.807, 2.05) is 6.20 Å². The van der Waals surface area contributed by atoms with Crippen molar-refractivity contribution in [2.24, 2.45) is 0 Å². The van der Waals surface area contributed by atoms with Gasteiger partial charge in [-0.2, -0.15) is 0 Å². The number of nitrogens with zero attached hydrogens (tertiary/aromatic N) is 5. The molecule has 0 N–H and O–H groups in total. The lowest BCUT2D eigenvalue weighted by molar-refractivity contribution is 0.512. The molecule has 3 aromatic rings. The first-order chi connectivity index (χ1) is 10.3. The summed E-state index contributed by atoms with van der Waals surface area (Å²) in [5, 5.41) is 7.72. The lowest BCUT2D eigenvalue weighted by atomic mass is 10.3. The normalized spacial score (nSPS) is 11.3. The van der Waals surface area contributed by atoms with Crippen molar-refractivity contribution in [1.82, 2.24) is 24.5 Å². The van der Waals surface area contributed by atoms with Crippen molar-refractivity contribution in [3.05, 3.63) is 42.2 Å². The van der Waals surface area contributed by atoms with E-state index in [-0.39, 0.29) is 5.82 Å². The van der Waals surface area contributed by atoms with Crippen LogP contribution in [0.5, 0.6) is 0 Å². The fourth-order valence-corrected chi connectivity index (χ4v) is 2.59. The van der Waals surface area contributed by atoms with Gasteiger partial charge in [0.2, 0.25) is 0 Å². The molecule has 5 nitrogen and oxygen atoms in total. The van der Waals surface area contributed by atoms with E-state index < -0.39 is 0 Å². The minimum absolute atomic E-state index is 0.271. The molecule has 0 spiro atoms. The van der Waals surface area contributed by atoms with Gasteiger partial charge in [-0.05, 0) is 18.6 Å². The van der Waals surface area contributed by atoms with Crippen molar-refractivity contribution in [2.75, 3.05) is 5.88 Å². The molecule has 0 amide bonds. The van der Waals surface area contributed by atoms with Crippen LogP contribution in [-0.4, -0.2) is 30.4 Å². The summed E-state index contributed by atoms with van der Waals surface area (Å²) in [5.74, 6) is 1.12. The summed E-state index contributed by atoms with van der Waals surface area (Å²) in [4.78, 5) is 4.48. The number of benzene rings is 1. The Kier molecular flexibility index (Phi) is 4.15. The Morgan fingerprint density at radius 3 is 2.90 bits per heavy atom. The highest BCUT2D eigenvalue weighted by Gasteiger charge is 2.11. The van der Waals surface area contributed by atoms with E-state index in [2.05, 4.69) is 19.9 Å². The molecule has 110 valence electrons. The Morgan fingerprint density at radius 2 is 2.14 bits per heavy atom. The van der Waals surface area contributed by atoms with E-state index in [4.69, 9.17) is 11.6 Å². The lowest BCUT2D eigenvalue weighted by Crippen LogP contribution is -2.08. The maximum absolute atomic E-state index is 13.3. The number of hydrogen-bond donors (Lipinski definition) is 0. The van der Waals surface area contributed by atoms with Gasteiger partial charge in [0.15, 0.2) is 0 Å². The predicted molar refractivity (Wildman–Crippen MR) is 78.8 cm³/mol. The van der Waals surface area contributed by atoms with Crippen LogP contribution in [0.15, 0.2) is 30.6 Å². The van der Waals surface area contributed by atoms with Gasteiger partial charge in [0.1, 0.15) is 11.6 Å². The van der Waals surface area contributed by atoms with Gasteiger partial charge < -0.3 is 4.57 Å². The second-order valence-corrected chi connectivity index (χ2v) is 5.15. The maximum Gasteiger partial charge on any atom is 0.125 e. The second kappa shape index (κ2) is 6.22. The lowest BCUT2D eigenvalue weighted by Gasteiger charge is -2.08. The van der Waals surface area contributed by atoms with Gasteiger partial charge in [0, 0.05) is 37.7 Å². The molecule has 1 aromatic carbocycles. The predicted octanol–water partition coefficient (Wildman–Crippen LogP) is 2.64. The minimum Gasteiger partial charge on any atom is -0.328 e. The van der Waals surface area contributed by atoms with Gasteiger partial charge in [-0.25, -0.2) is 9.37 Å². The van der Waals surface area contributed by atoms with E-state index in [1.165, 1.54) is 12.1 Å². The number of halogens is 2. The third-order valence-electron chi connectivity index (χ3n) is 3.35. The van der Waals surface area contributed by atoms with Crippen molar-refractivity contribution in [2.45, 2.75) is 25.9 Å². The average Bonchev–Trinajstić information content (AvgIpc) is 3.08. The summed E-state index contributed by atoms with van der Waals surface area (Å²) in [6.45, 7) is 1.56. The molecule has 0 saturated carbocycles. The Morgan fingerprint density at radius 1 is 1.24 bits per heavy atom. The first-order valence-electron chi connectivity index (χ1n) is 6.82. The zero-order valence-corrected chi connectivity index (χ0v) is 12.2. The van der Waals surface area contributed by atoms with Gasteiger partial charge in [-0.15, -0.1) is 16.7 Å². The van der Waals surface area contributed by atoms with E-state index >= 15 is 0 Å². The van der Waals surface area contributed by atoms with E-state index in [9.17, 15) is 4.39 Å². The number of fused-ring (bicyclic) bond motifs is 1. The molecule has 2 aromatic heterocycles. The number of hydrogen-bond acceptors (Lipinski definition) is 3. The van der Waals surface area contributed by atoms with Crippen LogP contribution in [0.2, 0.25) is 0 Å². The summed E-state index contributed by atoms with van der Waals surface area (Å²) in [6, 6.07) is 4.69. The van der Waals surface area contributed by atoms with Gasteiger partial charge in [0.25, 0.3) is 0 Å². The molecule has 7 heteroatoms. The van der Waals surface area contributed by atoms with Gasteiger partial charge in [-0.1, -0.05) is 5.21 Å². The summed E-state index contributed by atoms with van der Waals surface area (Å²) >= 11 is 5.83. The van der Waals surface area contributed by atoms with Gasteiger partial charge in [-0.3, -0.25) is 4.68 Å². The molecule has 0 radical (unpaired) electrons. The highest BCUT2D eigenvalue weighted by atomic mass is 35.5. The Labute approximate surface area is 126 Å². The van der Waals surface area contributed by atoms with Crippen LogP contribution in [0.1, 0.15) is 12.2 Å². The highest BCUT2D eigenvalue weighted by molar-refractivity contribution is 6.17. The molecule has 0 fully saturated rings. The van der Waals surface area contributed by atoms with Crippen LogP contribution in [0.4, 0.5) is 4.39 Å². The van der Waals surface area contributed by atoms with Crippen LogP contribution in [0.3, 0.4) is 0 Å². The molecular weight excluding hydrogens is 293 g/mol. The summed E-state index contributed by atoms with van der Waals surface area (Å²) in [6.07, 6.45) is 5.05. The zero-order valence-electron chi connectivity index (χ0n) is 11.4. The van der Waals surface area contributed by atoms with Gasteiger partial charge in [0.05, 0.1) is 17.2 Å². The number of aromatic nitrogens is 5. The van der Waals surface area contributed by atoms with Crippen molar-refractivity contribution >= 4 is 22.6 Å². The third-order valence-corrected chi connectivity index (χ3v) is 3.54. The van der Waals surface area contributed by atoms with E-state index in [0.717, 1.165) is 30.9 Å². The molecule has 0 aliphatic carbocycles. The molecule has 21 heavy (non-hydrogen) atoms. The van der Waals surface area contributed by atoms with Crippen molar-refractivity contribution in [3.63, 3.8) is 0 Å². The summed E-state index contributed by atoms with van der Waals surface area (Å²) in [5.41, 5.74) is 1.62. The fraction of sp³-hybridized carbons (Fsp3) is 0.357. The molecule has 0 aliphatic rings. The Bertz CT molecular complexity index is 722. The van der Waals surface area contributed by atoms with Crippen LogP contribution in [-0.2, 0) is 19.5 Å². The second-order valence-electron chi connectivity index (χ2n) is 4.77. The van der Waals surface area contributed by atoms with E-state index in [1.54, 1.807) is 16.9 Å². The molecule has 0 saturated heterocycles. The minimum atomic E-state index is -0.271. The molecule has 0 atom stereocenters. The average molecular weight is 308 g/mol. The molecule has 0 bridgehead atoms. The molecule has 0 unspecified atom stereocenters. The largest absolute Gasteiger partial charge is 0.328 e.